The summed E-state index contributed by atoms with van der Waals surface area (Å²) in [6.45, 7) is 1.24. The molecule has 7 nitrogen and oxygen atoms in total. The van der Waals surface area contributed by atoms with Gasteiger partial charge in [0.25, 0.3) is 5.91 Å². The Hall–Kier alpha value is -2.61. The Balaban J connectivity index is 1.69. The fraction of sp³-hybridized carbons (Fsp3) is 0.353. The van der Waals surface area contributed by atoms with Crippen molar-refractivity contribution >= 4 is 29.0 Å². The van der Waals surface area contributed by atoms with Crippen molar-refractivity contribution < 1.29 is 14.3 Å². The standard InChI is InChI=1S/C17H20N4O3S/c1-18-17(23)21-8-6-13-14(7-9-21)25-16(20-13)15(22)19-11-4-3-5-12(10-11)24-2/h3-5,10H,6-9H2,1-2H3,(H,18,23)(H,19,22). The lowest BCUT2D eigenvalue weighted by Gasteiger charge is -2.19. The monoisotopic (exact) mass is 360 g/mol. The molecule has 8 heteroatoms. The number of rotatable bonds is 3. The molecule has 1 aliphatic heterocycles. The quantitative estimate of drug-likeness (QED) is 0.878. The van der Waals surface area contributed by atoms with E-state index in [0.29, 0.717) is 42.4 Å². The highest BCUT2D eigenvalue weighted by Gasteiger charge is 2.22. The second-order valence-corrected chi connectivity index (χ2v) is 6.70. The third-order valence-corrected chi connectivity index (χ3v) is 5.18. The fourth-order valence-corrected chi connectivity index (χ4v) is 3.70. The van der Waals surface area contributed by atoms with Crippen LogP contribution in [0.15, 0.2) is 24.3 Å². The summed E-state index contributed by atoms with van der Waals surface area (Å²) in [7, 11) is 3.21. The van der Waals surface area contributed by atoms with Gasteiger partial charge in [0.2, 0.25) is 0 Å². The van der Waals surface area contributed by atoms with Crippen molar-refractivity contribution in [3.05, 3.63) is 39.8 Å². The van der Waals surface area contributed by atoms with Gasteiger partial charge in [0.1, 0.15) is 5.75 Å². The minimum absolute atomic E-state index is 0.0776. The van der Waals surface area contributed by atoms with Crippen LogP contribution in [0.4, 0.5) is 10.5 Å². The van der Waals surface area contributed by atoms with E-state index in [1.165, 1.54) is 11.3 Å². The summed E-state index contributed by atoms with van der Waals surface area (Å²) in [4.78, 5) is 31.5. The van der Waals surface area contributed by atoms with Gasteiger partial charge in [0.05, 0.1) is 12.8 Å². The van der Waals surface area contributed by atoms with Gasteiger partial charge < -0.3 is 20.3 Å². The van der Waals surface area contributed by atoms with Crippen molar-refractivity contribution in [2.45, 2.75) is 12.8 Å². The number of amides is 3. The number of methoxy groups -OCH3 is 1. The van der Waals surface area contributed by atoms with E-state index in [1.807, 2.05) is 12.1 Å². The Morgan fingerprint density at radius 2 is 2.08 bits per heavy atom. The van der Waals surface area contributed by atoms with Crippen LogP contribution in [0.3, 0.4) is 0 Å². The molecular formula is C17H20N4O3S. The number of anilines is 1. The van der Waals surface area contributed by atoms with Crippen LogP contribution in [0.25, 0.3) is 0 Å². The van der Waals surface area contributed by atoms with Crippen LogP contribution in [0.5, 0.6) is 5.75 Å². The van der Waals surface area contributed by atoms with Crippen LogP contribution in [0.2, 0.25) is 0 Å². The predicted octanol–water partition coefficient (Wildman–Crippen LogP) is 2.14. The molecule has 3 rings (SSSR count). The van der Waals surface area contributed by atoms with Crippen LogP contribution in [-0.4, -0.2) is 49.1 Å². The van der Waals surface area contributed by atoms with Gasteiger partial charge in [0, 0.05) is 49.6 Å². The number of carbonyl (C=O) groups is 2. The number of carbonyl (C=O) groups excluding carboxylic acids is 2. The van der Waals surface area contributed by atoms with Crippen LogP contribution in [-0.2, 0) is 12.8 Å². The zero-order valence-electron chi connectivity index (χ0n) is 14.2. The van der Waals surface area contributed by atoms with E-state index in [2.05, 4.69) is 15.6 Å². The van der Waals surface area contributed by atoms with E-state index in [1.54, 1.807) is 31.2 Å². The number of nitrogens with zero attached hydrogens (tertiary/aromatic N) is 2. The molecule has 0 unspecified atom stereocenters. The smallest absolute Gasteiger partial charge is 0.317 e. The molecule has 2 heterocycles. The third kappa shape index (κ3) is 3.90. The van der Waals surface area contributed by atoms with E-state index >= 15 is 0 Å². The summed E-state index contributed by atoms with van der Waals surface area (Å²) in [6.07, 6.45) is 1.37. The zero-order chi connectivity index (χ0) is 17.8. The summed E-state index contributed by atoms with van der Waals surface area (Å²) in [6, 6.07) is 7.13. The molecule has 0 aliphatic carbocycles. The molecule has 2 N–H and O–H groups in total. The summed E-state index contributed by atoms with van der Waals surface area (Å²) in [5.41, 5.74) is 1.58. The first-order chi connectivity index (χ1) is 12.1. The van der Waals surface area contributed by atoms with Crippen molar-refractivity contribution in [1.29, 1.82) is 0 Å². The molecule has 0 saturated carbocycles. The van der Waals surface area contributed by atoms with Crippen molar-refractivity contribution in [3.8, 4) is 5.75 Å². The van der Waals surface area contributed by atoms with E-state index < -0.39 is 0 Å². The molecular weight excluding hydrogens is 340 g/mol. The number of hydrogen-bond acceptors (Lipinski definition) is 5. The van der Waals surface area contributed by atoms with E-state index in [9.17, 15) is 9.59 Å². The molecule has 25 heavy (non-hydrogen) atoms. The molecule has 0 radical (unpaired) electrons. The highest BCUT2D eigenvalue weighted by molar-refractivity contribution is 7.13. The second-order valence-electron chi connectivity index (χ2n) is 5.62. The van der Waals surface area contributed by atoms with Gasteiger partial charge in [0.15, 0.2) is 5.01 Å². The normalized spacial score (nSPS) is 13.6. The SMILES string of the molecule is CNC(=O)N1CCc2nc(C(=O)Nc3cccc(OC)c3)sc2CC1. The van der Waals surface area contributed by atoms with E-state index in [4.69, 9.17) is 4.74 Å². The highest BCUT2D eigenvalue weighted by Crippen LogP contribution is 2.24. The van der Waals surface area contributed by atoms with Gasteiger partial charge in [-0.15, -0.1) is 11.3 Å². The number of urea groups is 1. The van der Waals surface area contributed by atoms with Gasteiger partial charge in [-0.3, -0.25) is 4.79 Å². The Morgan fingerprint density at radius 3 is 2.84 bits per heavy atom. The lowest BCUT2D eigenvalue weighted by atomic mass is 10.2. The van der Waals surface area contributed by atoms with Crippen LogP contribution in [0, 0.1) is 0 Å². The first kappa shape index (κ1) is 17.2. The average Bonchev–Trinajstić information content (AvgIpc) is 2.94. The van der Waals surface area contributed by atoms with Crippen molar-refractivity contribution in [3.63, 3.8) is 0 Å². The molecule has 1 aromatic carbocycles. The number of thiazole rings is 1. The van der Waals surface area contributed by atoms with Crippen molar-refractivity contribution in [2.24, 2.45) is 0 Å². The maximum Gasteiger partial charge on any atom is 0.317 e. The summed E-state index contributed by atoms with van der Waals surface area (Å²) >= 11 is 1.39. The number of fused-ring (bicyclic) bond motifs is 1. The fourth-order valence-electron chi connectivity index (χ4n) is 2.71. The molecule has 0 fully saturated rings. The summed E-state index contributed by atoms with van der Waals surface area (Å²) in [5, 5.41) is 5.94. The van der Waals surface area contributed by atoms with Crippen molar-refractivity contribution in [1.82, 2.24) is 15.2 Å². The van der Waals surface area contributed by atoms with Gasteiger partial charge in [-0.25, -0.2) is 9.78 Å². The molecule has 0 atom stereocenters. The Labute approximate surface area is 150 Å². The molecule has 0 saturated heterocycles. The largest absolute Gasteiger partial charge is 0.497 e. The Morgan fingerprint density at radius 1 is 1.28 bits per heavy atom. The molecule has 132 valence electrons. The number of nitrogens with one attached hydrogen (secondary N) is 2. The number of aromatic nitrogens is 1. The predicted molar refractivity (Wildman–Crippen MR) is 96.5 cm³/mol. The van der Waals surface area contributed by atoms with Gasteiger partial charge in [-0.2, -0.15) is 0 Å². The lowest BCUT2D eigenvalue weighted by Crippen LogP contribution is -2.39. The number of benzene rings is 1. The highest BCUT2D eigenvalue weighted by atomic mass is 32.1. The third-order valence-electron chi connectivity index (χ3n) is 4.03. The van der Waals surface area contributed by atoms with Crippen LogP contribution < -0.4 is 15.4 Å². The van der Waals surface area contributed by atoms with Gasteiger partial charge >= 0.3 is 6.03 Å². The van der Waals surface area contributed by atoms with Crippen molar-refractivity contribution in [2.75, 3.05) is 32.6 Å². The molecule has 0 spiro atoms. The summed E-state index contributed by atoms with van der Waals surface area (Å²) < 4.78 is 5.16. The maximum atomic E-state index is 12.5. The van der Waals surface area contributed by atoms with Crippen LogP contribution in [0.1, 0.15) is 20.4 Å². The zero-order valence-corrected chi connectivity index (χ0v) is 15.0. The summed E-state index contributed by atoms with van der Waals surface area (Å²) in [5.74, 6) is 0.455. The van der Waals surface area contributed by atoms with Crippen LogP contribution >= 0.6 is 11.3 Å². The number of ether oxygens (including phenoxy) is 1. The lowest BCUT2D eigenvalue weighted by molar-refractivity contribution is 0.102. The first-order valence-corrected chi connectivity index (χ1v) is 8.83. The average molecular weight is 360 g/mol. The topological polar surface area (TPSA) is 83.6 Å². The second kappa shape index (κ2) is 7.52. The number of hydrogen-bond donors (Lipinski definition) is 2. The minimum atomic E-state index is -0.227. The molecule has 2 aromatic rings. The first-order valence-electron chi connectivity index (χ1n) is 8.01. The van der Waals surface area contributed by atoms with E-state index in [0.717, 1.165) is 10.6 Å². The molecule has 1 aromatic heterocycles. The molecule has 3 amide bonds. The molecule has 0 bridgehead atoms. The van der Waals surface area contributed by atoms with Gasteiger partial charge in [-0.1, -0.05) is 6.07 Å². The minimum Gasteiger partial charge on any atom is -0.497 e. The van der Waals surface area contributed by atoms with Gasteiger partial charge in [-0.05, 0) is 12.1 Å². The maximum absolute atomic E-state index is 12.5. The van der Waals surface area contributed by atoms with E-state index in [-0.39, 0.29) is 11.9 Å². The Kier molecular flexibility index (Phi) is 5.18. The Bertz CT molecular complexity index is 764. The molecule has 1 aliphatic rings.